The number of nitrogens with zero attached hydrogens (tertiary/aromatic N) is 3. The molecule has 1 fully saturated rings. The first-order valence-electron chi connectivity index (χ1n) is 8.24. The van der Waals surface area contributed by atoms with Crippen molar-refractivity contribution in [2.24, 2.45) is 0 Å². The van der Waals surface area contributed by atoms with Crippen molar-refractivity contribution in [2.45, 2.75) is 19.1 Å². The van der Waals surface area contributed by atoms with E-state index in [1.807, 2.05) is 18.2 Å². The summed E-state index contributed by atoms with van der Waals surface area (Å²) in [6.07, 6.45) is 0. The van der Waals surface area contributed by atoms with Crippen molar-refractivity contribution >= 4 is 21.5 Å². The maximum absolute atomic E-state index is 12.0. The molecule has 1 aromatic heterocycles. The quantitative estimate of drug-likeness (QED) is 0.877. The van der Waals surface area contributed by atoms with Crippen LogP contribution in [0.5, 0.6) is 0 Å². The Labute approximate surface area is 148 Å². The van der Waals surface area contributed by atoms with Crippen molar-refractivity contribution in [1.82, 2.24) is 10.2 Å². The average molecular weight is 362 g/mol. The highest BCUT2D eigenvalue weighted by atomic mass is 32.2. The number of ether oxygens (including phenoxy) is 1. The summed E-state index contributed by atoms with van der Waals surface area (Å²) < 4.78 is 32.0. The molecule has 0 unspecified atom stereocenters. The van der Waals surface area contributed by atoms with E-state index in [9.17, 15) is 8.42 Å². The fourth-order valence-corrected chi connectivity index (χ4v) is 3.16. The van der Waals surface area contributed by atoms with Crippen molar-refractivity contribution in [3.05, 3.63) is 36.4 Å². The van der Waals surface area contributed by atoms with Gasteiger partial charge in [0.05, 0.1) is 24.2 Å². The Bertz CT molecular complexity index is 816. The van der Waals surface area contributed by atoms with Crippen molar-refractivity contribution in [3.8, 4) is 11.3 Å². The van der Waals surface area contributed by atoms with Crippen LogP contribution in [-0.4, -0.2) is 50.2 Å². The molecule has 1 N–H and O–H groups in total. The normalized spacial score (nSPS) is 15.4. The van der Waals surface area contributed by atoms with Crippen LogP contribution in [0, 0.1) is 0 Å². The van der Waals surface area contributed by atoms with Crippen molar-refractivity contribution in [1.29, 1.82) is 0 Å². The minimum atomic E-state index is -3.38. The molecule has 1 saturated heterocycles. The largest absolute Gasteiger partial charge is 0.378 e. The molecule has 0 atom stereocenters. The Morgan fingerprint density at radius 3 is 2.52 bits per heavy atom. The van der Waals surface area contributed by atoms with Gasteiger partial charge in [-0.15, -0.1) is 10.2 Å². The number of rotatable bonds is 5. The molecule has 0 amide bonds. The molecule has 0 radical (unpaired) electrons. The van der Waals surface area contributed by atoms with Crippen molar-refractivity contribution in [3.63, 3.8) is 0 Å². The van der Waals surface area contributed by atoms with E-state index in [0.29, 0.717) is 24.6 Å². The Morgan fingerprint density at radius 1 is 1.12 bits per heavy atom. The van der Waals surface area contributed by atoms with E-state index >= 15 is 0 Å². The fraction of sp³-hybridized carbons (Fsp3) is 0.412. The first kappa shape index (κ1) is 17.6. The smallest absolute Gasteiger partial charge is 0.235 e. The topological polar surface area (TPSA) is 84.4 Å². The highest BCUT2D eigenvalue weighted by molar-refractivity contribution is 7.93. The van der Waals surface area contributed by atoms with Gasteiger partial charge in [0.15, 0.2) is 5.82 Å². The van der Waals surface area contributed by atoms with Gasteiger partial charge in [0.25, 0.3) is 0 Å². The second-order valence-corrected chi connectivity index (χ2v) is 8.39. The fourth-order valence-electron chi connectivity index (χ4n) is 2.46. The predicted molar refractivity (Wildman–Crippen MR) is 98.2 cm³/mol. The van der Waals surface area contributed by atoms with Crippen molar-refractivity contribution in [2.75, 3.05) is 35.9 Å². The number of benzene rings is 1. The lowest BCUT2D eigenvalue weighted by Gasteiger charge is -2.27. The number of aromatic nitrogens is 2. The molecule has 1 aliphatic heterocycles. The van der Waals surface area contributed by atoms with E-state index < -0.39 is 15.3 Å². The van der Waals surface area contributed by atoms with Gasteiger partial charge in [-0.2, -0.15) is 0 Å². The summed E-state index contributed by atoms with van der Waals surface area (Å²) in [7, 11) is -3.38. The summed E-state index contributed by atoms with van der Waals surface area (Å²) in [6, 6.07) is 11.0. The number of nitrogens with one attached hydrogen (secondary N) is 1. The molecular weight excluding hydrogens is 340 g/mol. The minimum Gasteiger partial charge on any atom is -0.378 e. The maximum Gasteiger partial charge on any atom is 0.235 e. The molecule has 2 aromatic rings. The molecule has 134 valence electrons. The first-order valence-corrected chi connectivity index (χ1v) is 9.79. The number of morpholine rings is 1. The zero-order chi connectivity index (χ0) is 17.9. The van der Waals surface area contributed by atoms with Crippen LogP contribution in [0.15, 0.2) is 36.4 Å². The van der Waals surface area contributed by atoms with Gasteiger partial charge in [0.1, 0.15) is 0 Å². The van der Waals surface area contributed by atoms with Crippen LogP contribution in [0.3, 0.4) is 0 Å². The summed E-state index contributed by atoms with van der Waals surface area (Å²) in [5, 5.41) is 8.08. The second-order valence-electron chi connectivity index (χ2n) is 6.15. The lowest BCUT2D eigenvalue weighted by atomic mass is 10.1. The number of sulfonamides is 1. The maximum atomic E-state index is 12.0. The van der Waals surface area contributed by atoms with E-state index in [2.05, 4.69) is 19.8 Å². The monoisotopic (exact) mass is 362 g/mol. The first-order chi connectivity index (χ1) is 12.0. The van der Waals surface area contributed by atoms with Gasteiger partial charge in [-0.1, -0.05) is 12.1 Å². The van der Waals surface area contributed by atoms with Crippen LogP contribution < -0.4 is 9.62 Å². The number of anilines is 2. The number of hydrogen-bond acceptors (Lipinski definition) is 6. The Balaban J connectivity index is 1.79. The highest BCUT2D eigenvalue weighted by Crippen LogP contribution is 2.23. The van der Waals surface area contributed by atoms with Crippen LogP contribution >= 0.6 is 0 Å². The molecular formula is C17H22N4O3S. The second kappa shape index (κ2) is 7.37. The molecule has 1 aliphatic rings. The predicted octanol–water partition coefficient (Wildman–Crippen LogP) is 2.13. The summed E-state index contributed by atoms with van der Waals surface area (Å²) in [5.74, 6) is 0.823. The molecule has 7 nitrogen and oxygen atoms in total. The molecule has 2 heterocycles. The Morgan fingerprint density at radius 2 is 1.88 bits per heavy atom. The highest BCUT2D eigenvalue weighted by Gasteiger charge is 2.16. The van der Waals surface area contributed by atoms with Crippen LogP contribution in [0.4, 0.5) is 11.5 Å². The zero-order valence-electron chi connectivity index (χ0n) is 14.3. The molecule has 8 heteroatoms. The van der Waals surface area contributed by atoms with Crippen LogP contribution in [0.25, 0.3) is 11.3 Å². The Hall–Kier alpha value is -2.19. The molecule has 0 aliphatic carbocycles. The van der Waals surface area contributed by atoms with Gasteiger partial charge in [-0.25, -0.2) is 8.42 Å². The van der Waals surface area contributed by atoms with Crippen LogP contribution in [-0.2, 0) is 14.8 Å². The summed E-state index contributed by atoms with van der Waals surface area (Å²) >= 11 is 0. The summed E-state index contributed by atoms with van der Waals surface area (Å²) in [6.45, 7) is 6.29. The zero-order valence-corrected chi connectivity index (χ0v) is 15.2. The third-order valence-electron chi connectivity index (χ3n) is 4.02. The lowest BCUT2D eigenvalue weighted by molar-refractivity contribution is 0.122. The standard InChI is InChI=1S/C17H22N4O3S/c1-13(2)25(22,23)20-15-5-3-4-14(12-15)16-6-7-17(19-18-16)21-8-10-24-11-9-21/h3-7,12-13,20H,8-11H2,1-2H3. The molecule has 0 bridgehead atoms. The van der Waals surface area contributed by atoms with Gasteiger partial charge in [-0.05, 0) is 38.1 Å². The number of hydrogen-bond donors (Lipinski definition) is 1. The van der Waals surface area contributed by atoms with Gasteiger partial charge >= 0.3 is 0 Å². The molecule has 3 rings (SSSR count). The lowest BCUT2D eigenvalue weighted by Crippen LogP contribution is -2.36. The molecule has 25 heavy (non-hydrogen) atoms. The van der Waals surface area contributed by atoms with Crippen LogP contribution in [0.2, 0.25) is 0 Å². The summed E-state index contributed by atoms with van der Waals surface area (Å²) in [5.41, 5.74) is 2.03. The minimum absolute atomic E-state index is 0.497. The summed E-state index contributed by atoms with van der Waals surface area (Å²) in [4.78, 5) is 2.13. The van der Waals surface area contributed by atoms with E-state index in [-0.39, 0.29) is 0 Å². The van der Waals surface area contributed by atoms with E-state index in [1.54, 1.807) is 32.0 Å². The average Bonchev–Trinajstić information content (AvgIpc) is 2.62. The molecule has 0 saturated carbocycles. The van der Waals surface area contributed by atoms with Gasteiger partial charge < -0.3 is 9.64 Å². The van der Waals surface area contributed by atoms with Crippen molar-refractivity contribution < 1.29 is 13.2 Å². The molecule has 0 spiro atoms. The van der Waals surface area contributed by atoms with Gasteiger partial charge in [0, 0.05) is 24.3 Å². The van der Waals surface area contributed by atoms with E-state index in [0.717, 1.165) is 24.5 Å². The SMILES string of the molecule is CC(C)S(=O)(=O)Nc1cccc(-c2ccc(N3CCOCC3)nn2)c1. The van der Waals surface area contributed by atoms with E-state index in [4.69, 9.17) is 4.74 Å². The van der Waals surface area contributed by atoms with Gasteiger partial charge in [0.2, 0.25) is 10.0 Å². The van der Waals surface area contributed by atoms with E-state index in [1.165, 1.54) is 0 Å². The van der Waals surface area contributed by atoms with Crippen LogP contribution in [0.1, 0.15) is 13.8 Å². The van der Waals surface area contributed by atoms with Gasteiger partial charge in [-0.3, -0.25) is 4.72 Å². The third kappa shape index (κ3) is 4.26. The third-order valence-corrected chi connectivity index (χ3v) is 5.79. The molecule has 1 aromatic carbocycles. The Kier molecular flexibility index (Phi) is 5.19.